The number of methoxy groups -OCH3 is 1. The van der Waals surface area contributed by atoms with Crippen LogP contribution in [0.15, 0.2) is 0 Å². The van der Waals surface area contributed by atoms with E-state index in [1.54, 1.807) is 7.11 Å². The predicted octanol–water partition coefficient (Wildman–Crippen LogP) is 3.57. The fourth-order valence-corrected chi connectivity index (χ4v) is 2.90. The van der Waals surface area contributed by atoms with Crippen LogP contribution in [0.2, 0.25) is 0 Å². The standard InChI is InChI=1S/C10H21BrOS/c1-10(4-6-11)5-9-13-8-3-7-12-2/h10H,3-9H2,1-2H3. The summed E-state index contributed by atoms with van der Waals surface area (Å²) in [6.07, 6.45) is 3.84. The van der Waals surface area contributed by atoms with Crippen LogP contribution in [0.1, 0.15) is 26.2 Å². The first-order valence-electron chi connectivity index (χ1n) is 4.94. The van der Waals surface area contributed by atoms with Crippen LogP contribution in [0.5, 0.6) is 0 Å². The van der Waals surface area contributed by atoms with Crippen molar-refractivity contribution >= 4 is 27.7 Å². The zero-order valence-electron chi connectivity index (χ0n) is 8.72. The van der Waals surface area contributed by atoms with E-state index in [0.29, 0.717) is 0 Å². The second-order valence-electron chi connectivity index (χ2n) is 3.33. The molecule has 13 heavy (non-hydrogen) atoms. The first-order valence-corrected chi connectivity index (χ1v) is 7.21. The van der Waals surface area contributed by atoms with Gasteiger partial charge in [0.25, 0.3) is 0 Å². The van der Waals surface area contributed by atoms with Crippen molar-refractivity contribution in [1.29, 1.82) is 0 Å². The highest BCUT2D eigenvalue weighted by molar-refractivity contribution is 9.09. The van der Waals surface area contributed by atoms with E-state index in [9.17, 15) is 0 Å². The van der Waals surface area contributed by atoms with Crippen molar-refractivity contribution in [1.82, 2.24) is 0 Å². The first-order chi connectivity index (χ1) is 6.31. The van der Waals surface area contributed by atoms with Crippen molar-refractivity contribution in [2.75, 3.05) is 30.6 Å². The number of ether oxygens (including phenoxy) is 1. The van der Waals surface area contributed by atoms with E-state index in [0.717, 1.165) is 17.9 Å². The zero-order valence-corrected chi connectivity index (χ0v) is 11.1. The van der Waals surface area contributed by atoms with Crippen LogP contribution in [0, 0.1) is 5.92 Å². The third-order valence-electron chi connectivity index (χ3n) is 1.99. The minimum atomic E-state index is 0.870. The Morgan fingerprint density at radius 2 is 2.08 bits per heavy atom. The Bertz CT molecular complexity index is 101. The predicted molar refractivity (Wildman–Crippen MR) is 66.0 cm³/mol. The third-order valence-corrected chi connectivity index (χ3v) is 3.55. The molecule has 0 saturated heterocycles. The number of rotatable bonds is 9. The molecule has 1 unspecified atom stereocenters. The highest BCUT2D eigenvalue weighted by Crippen LogP contribution is 2.14. The van der Waals surface area contributed by atoms with E-state index in [1.165, 1.54) is 30.8 Å². The quantitative estimate of drug-likeness (QED) is 0.467. The molecule has 0 aliphatic heterocycles. The summed E-state index contributed by atoms with van der Waals surface area (Å²) in [4.78, 5) is 0. The second kappa shape index (κ2) is 10.9. The number of alkyl halides is 1. The van der Waals surface area contributed by atoms with Crippen LogP contribution in [0.3, 0.4) is 0 Å². The van der Waals surface area contributed by atoms with E-state index < -0.39 is 0 Å². The molecule has 0 bridgehead atoms. The number of hydrogen-bond donors (Lipinski definition) is 0. The number of hydrogen-bond acceptors (Lipinski definition) is 2. The summed E-state index contributed by atoms with van der Waals surface area (Å²) in [5, 5.41) is 1.14. The molecule has 1 atom stereocenters. The van der Waals surface area contributed by atoms with E-state index in [-0.39, 0.29) is 0 Å². The van der Waals surface area contributed by atoms with Crippen LogP contribution < -0.4 is 0 Å². The minimum Gasteiger partial charge on any atom is -0.385 e. The van der Waals surface area contributed by atoms with Crippen LogP contribution in [0.4, 0.5) is 0 Å². The highest BCUT2D eigenvalue weighted by Gasteiger charge is 2.00. The Labute approximate surface area is 95.1 Å². The maximum Gasteiger partial charge on any atom is 0.0470 e. The summed E-state index contributed by atoms with van der Waals surface area (Å²) in [6, 6.07) is 0. The largest absolute Gasteiger partial charge is 0.385 e. The van der Waals surface area contributed by atoms with Gasteiger partial charge in [0, 0.05) is 19.0 Å². The van der Waals surface area contributed by atoms with Crippen LogP contribution in [0.25, 0.3) is 0 Å². The average Bonchev–Trinajstić information content (AvgIpc) is 2.11. The van der Waals surface area contributed by atoms with Gasteiger partial charge in [-0.15, -0.1) is 0 Å². The van der Waals surface area contributed by atoms with Gasteiger partial charge in [0.1, 0.15) is 0 Å². The Kier molecular flexibility index (Phi) is 11.5. The molecule has 1 nitrogen and oxygen atoms in total. The van der Waals surface area contributed by atoms with Crippen molar-refractivity contribution in [3.05, 3.63) is 0 Å². The van der Waals surface area contributed by atoms with Gasteiger partial charge in [-0.05, 0) is 36.7 Å². The Balaban J connectivity index is 2.97. The summed E-state index contributed by atoms with van der Waals surface area (Å²) in [6.45, 7) is 3.24. The normalized spacial score (nSPS) is 13.2. The lowest BCUT2D eigenvalue weighted by atomic mass is 10.1. The molecule has 3 heteroatoms. The van der Waals surface area contributed by atoms with Gasteiger partial charge < -0.3 is 4.74 Å². The topological polar surface area (TPSA) is 9.23 Å². The zero-order chi connectivity index (χ0) is 9.94. The molecule has 0 radical (unpaired) electrons. The molecule has 80 valence electrons. The molecule has 0 aromatic carbocycles. The third kappa shape index (κ3) is 10.7. The maximum atomic E-state index is 4.99. The van der Waals surface area contributed by atoms with E-state index >= 15 is 0 Å². The molecule has 0 aliphatic rings. The van der Waals surface area contributed by atoms with Gasteiger partial charge in [-0.1, -0.05) is 22.9 Å². The summed E-state index contributed by atoms with van der Waals surface area (Å²) >= 11 is 5.52. The average molecular weight is 269 g/mol. The van der Waals surface area contributed by atoms with Gasteiger partial charge in [0.2, 0.25) is 0 Å². The highest BCUT2D eigenvalue weighted by atomic mass is 79.9. The van der Waals surface area contributed by atoms with Gasteiger partial charge >= 0.3 is 0 Å². The molecule has 0 aromatic rings. The summed E-state index contributed by atoms with van der Waals surface area (Å²) in [5.41, 5.74) is 0. The molecular weight excluding hydrogens is 248 g/mol. The molecule has 0 aliphatic carbocycles. The van der Waals surface area contributed by atoms with Crippen molar-refractivity contribution < 1.29 is 4.74 Å². The Hall–Kier alpha value is 0.790. The molecule has 0 amide bonds. The first kappa shape index (κ1) is 13.8. The minimum absolute atomic E-state index is 0.870. The van der Waals surface area contributed by atoms with Crippen molar-refractivity contribution in [2.24, 2.45) is 5.92 Å². The van der Waals surface area contributed by atoms with Crippen molar-refractivity contribution in [3.63, 3.8) is 0 Å². The fraction of sp³-hybridized carbons (Fsp3) is 1.00. The molecule has 0 heterocycles. The maximum absolute atomic E-state index is 4.99. The summed E-state index contributed by atoms with van der Waals surface area (Å²) in [7, 11) is 1.77. The van der Waals surface area contributed by atoms with Crippen LogP contribution >= 0.6 is 27.7 Å². The summed E-state index contributed by atoms with van der Waals surface area (Å²) < 4.78 is 4.99. The van der Waals surface area contributed by atoms with Gasteiger partial charge in [-0.3, -0.25) is 0 Å². The van der Waals surface area contributed by atoms with E-state index in [4.69, 9.17) is 4.74 Å². The molecule has 0 N–H and O–H groups in total. The number of thioether (sulfide) groups is 1. The Morgan fingerprint density at radius 3 is 2.69 bits per heavy atom. The van der Waals surface area contributed by atoms with Crippen molar-refractivity contribution in [2.45, 2.75) is 26.2 Å². The van der Waals surface area contributed by atoms with Gasteiger partial charge in [-0.25, -0.2) is 0 Å². The SMILES string of the molecule is COCCCSCCC(C)CCBr. The van der Waals surface area contributed by atoms with Gasteiger partial charge in [0.05, 0.1) is 0 Å². The lowest BCUT2D eigenvalue weighted by molar-refractivity contribution is 0.200. The van der Waals surface area contributed by atoms with E-state index in [2.05, 4.69) is 34.6 Å². The monoisotopic (exact) mass is 268 g/mol. The molecule has 0 spiro atoms. The molecular formula is C10H21BrOS. The Morgan fingerprint density at radius 1 is 1.31 bits per heavy atom. The lowest BCUT2D eigenvalue weighted by Crippen LogP contribution is -1.98. The van der Waals surface area contributed by atoms with Gasteiger partial charge in [0.15, 0.2) is 0 Å². The van der Waals surface area contributed by atoms with E-state index in [1.807, 2.05) is 0 Å². The molecule has 0 saturated carbocycles. The molecule has 0 rings (SSSR count). The number of halogens is 1. The molecule has 0 fully saturated rings. The van der Waals surface area contributed by atoms with Crippen LogP contribution in [-0.4, -0.2) is 30.6 Å². The lowest BCUT2D eigenvalue weighted by Gasteiger charge is -2.08. The van der Waals surface area contributed by atoms with Crippen molar-refractivity contribution in [3.8, 4) is 0 Å². The smallest absolute Gasteiger partial charge is 0.0470 e. The second-order valence-corrected chi connectivity index (χ2v) is 5.35. The van der Waals surface area contributed by atoms with Gasteiger partial charge in [-0.2, -0.15) is 11.8 Å². The van der Waals surface area contributed by atoms with Crippen LogP contribution in [-0.2, 0) is 4.74 Å². The summed E-state index contributed by atoms with van der Waals surface area (Å²) in [5.74, 6) is 3.42. The molecule has 0 aromatic heterocycles. The fourth-order valence-electron chi connectivity index (χ4n) is 1.02.